The Balaban J connectivity index is 2.26. The molecule has 1 N–H and O–H groups in total. The van der Waals surface area contributed by atoms with Crippen molar-refractivity contribution in [3.8, 4) is 6.07 Å². The molecule has 14 heavy (non-hydrogen) atoms. The number of nitrogens with one attached hydrogen (secondary N) is 1. The number of nitrogens with zero attached hydrogens (tertiary/aromatic N) is 1. The Bertz CT molecular complexity index is 197. The molecule has 0 spiro atoms. The van der Waals surface area contributed by atoms with E-state index in [1.165, 1.54) is 12.8 Å². The van der Waals surface area contributed by atoms with Gasteiger partial charge in [0, 0.05) is 18.0 Å². The zero-order valence-electron chi connectivity index (χ0n) is 9.59. The van der Waals surface area contributed by atoms with Gasteiger partial charge in [0.15, 0.2) is 0 Å². The molecule has 0 bridgehead atoms. The van der Waals surface area contributed by atoms with Crippen LogP contribution < -0.4 is 5.32 Å². The van der Waals surface area contributed by atoms with E-state index < -0.39 is 0 Å². The molecule has 0 aromatic rings. The van der Waals surface area contributed by atoms with Crippen LogP contribution in [0.5, 0.6) is 0 Å². The monoisotopic (exact) mass is 194 g/mol. The molecule has 0 aromatic carbocycles. The molecule has 80 valence electrons. The van der Waals surface area contributed by atoms with Crippen LogP contribution >= 0.6 is 0 Å². The smallest absolute Gasteiger partial charge is 0.0655 e. The Morgan fingerprint density at radius 2 is 1.71 bits per heavy atom. The third-order valence-corrected chi connectivity index (χ3v) is 3.41. The number of hydrogen-bond donors (Lipinski definition) is 1. The first-order valence-electron chi connectivity index (χ1n) is 5.79. The summed E-state index contributed by atoms with van der Waals surface area (Å²) < 4.78 is 0. The van der Waals surface area contributed by atoms with Gasteiger partial charge in [-0.15, -0.1) is 0 Å². The molecule has 0 heterocycles. The Hall–Kier alpha value is -0.550. The Labute approximate surface area is 87.7 Å². The van der Waals surface area contributed by atoms with Gasteiger partial charge < -0.3 is 5.32 Å². The van der Waals surface area contributed by atoms with E-state index in [1.807, 2.05) is 0 Å². The second kappa shape index (κ2) is 5.36. The van der Waals surface area contributed by atoms with Crippen molar-refractivity contribution in [3.05, 3.63) is 0 Å². The zero-order valence-corrected chi connectivity index (χ0v) is 9.59. The first-order valence-corrected chi connectivity index (χ1v) is 5.79. The molecule has 1 aliphatic carbocycles. The molecule has 0 aromatic heterocycles. The summed E-state index contributed by atoms with van der Waals surface area (Å²) in [6, 6.07) is 3.62. The minimum atomic E-state index is 0.322. The molecule has 1 unspecified atom stereocenters. The van der Waals surface area contributed by atoms with Crippen molar-refractivity contribution in [1.29, 1.82) is 5.26 Å². The standard InChI is InChI=1S/C12H22N2/c1-9(2)10(3)14-12-6-4-11(8-13)5-7-12/h9-12,14H,4-7H2,1-3H3. The summed E-state index contributed by atoms with van der Waals surface area (Å²) in [6.07, 6.45) is 4.52. The molecule has 1 fully saturated rings. The lowest BCUT2D eigenvalue weighted by Crippen LogP contribution is -2.41. The molecule has 1 atom stereocenters. The van der Waals surface area contributed by atoms with Crippen LogP contribution in [0.15, 0.2) is 0 Å². The summed E-state index contributed by atoms with van der Waals surface area (Å²) in [7, 11) is 0. The van der Waals surface area contributed by atoms with Gasteiger partial charge in [0.1, 0.15) is 0 Å². The average Bonchev–Trinajstić information content (AvgIpc) is 2.19. The van der Waals surface area contributed by atoms with Crippen molar-refractivity contribution in [2.45, 2.75) is 58.5 Å². The van der Waals surface area contributed by atoms with E-state index in [4.69, 9.17) is 5.26 Å². The Kier molecular flexibility index (Phi) is 4.41. The van der Waals surface area contributed by atoms with Crippen LogP contribution in [0.1, 0.15) is 46.5 Å². The highest BCUT2D eigenvalue weighted by atomic mass is 14.9. The van der Waals surface area contributed by atoms with E-state index in [2.05, 4.69) is 32.2 Å². The fourth-order valence-electron chi connectivity index (χ4n) is 1.95. The minimum Gasteiger partial charge on any atom is -0.311 e. The molecule has 0 amide bonds. The van der Waals surface area contributed by atoms with Crippen LogP contribution in [0.4, 0.5) is 0 Å². The molecular formula is C12H22N2. The first-order chi connectivity index (χ1) is 6.63. The van der Waals surface area contributed by atoms with Crippen molar-refractivity contribution in [2.75, 3.05) is 0 Å². The minimum absolute atomic E-state index is 0.322. The van der Waals surface area contributed by atoms with E-state index in [9.17, 15) is 0 Å². The van der Waals surface area contributed by atoms with E-state index in [1.54, 1.807) is 0 Å². The molecule has 0 saturated heterocycles. The summed E-state index contributed by atoms with van der Waals surface area (Å²) in [5.41, 5.74) is 0. The fraction of sp³-hybridized carbons (Fsp3) is 0.917. The van der Waals surface area contributed by atoms with Crippen molar-refractivity contribution < 1.29 is 0 Å². The van der Waals surface area contributed by atoms with Gasteiger partial charge in [-0.2, -0.15) is 5.26 Å². The highest BCUT2D eigenvalue weighted by molar-refractivity contribution is 4.89. The third kappa shape index (κ3) is 3.31. The predicted octanol–water partition coefficient (Wildman–Crippen LogP) is 2.70. The van der Waals surface area contributed by atoms with E-state index in [0.717, 1.165) is 12.8 Å². The third-order valence-electron chi connectivity index (χ3n) is 3.41. The largest absolute Gasteiger partial charge is 0.311 e. The molecule has 1 aliphatic rings. The molecule has 1 saturated carbocycles. The highest BCUT2D eigenvalue weighted by Gasteiger charge is 2.22. The maximum absolute atomic E-state index is 8.78. The molecule has 1 rings (SSSR count). The topological polar surface area (TPSA) is 35.8 Å². The van der Waals surface area contributed by atoms with E-state index in [-0.39, 0.29) is 0 Å². The number of nitriles is 1. The van der Waals surface area contributed by atoms with Crippen molar-refractivity contribution in [2.24, 2.45) is 11.8 Å². The van der Waals surface area contributed by atoms with Crippen LogP contribution in [0.3, 0.4) is 0 Å². The van der Waals surface area contributed by atoms with Crippen LogP contribution in [0, 0.1) is 23.2 Å². The molecule has 2 heteroatoms. The average molecular weight is 194 g/mol. The second-order valence-electron chi connectivity index (χ2n) is 4.88. The van der Waals surface area contributed by atoms with Gasteiger partial charge in [0.05, 0.1) is 6.07 Å². The molecular weight excluding hydrogens is 172 g/mol. The summed E-state index contributed by atoms with van der Waals surface area (Å²) in [4.78, 5) is 0. The second-order valence-corrected chi connectivity index (χ2v) is 4.88. The van der Waals surface area contributed by atoms with Gasteiger partial charge >= 0.3 is 0 Å². The normalized spacial score (nSPS) is 29.9. The predicted molar refractivity (Wildman–Crippen MR) is 58.8 cm³/mol. The van der Waals surface area contributed by atoms with Crippen molar-refractivity contribution >= 4 is 0 Å². The Morgan fingerprint density at radius 3 is 2.14 bits per heavy atom. The maximum atomic E-state index is 8.78. The van der Waals surface area contributed by atoms with Crippen LogP contribution in [-0.4, -0.2) is 12.1 Å². The highest BCUT2D eigenvalue weighted by Crippen LogP contribution is 2.24. The van der Waals surface area contributed by atoms with Crippen LogP contribution in [-0.2, 0) is 0 Å². The van der Waals surface area contributed by atoms with Crippen molar-refractivity contribution in [3.63, 3.8) is 0 Å². The maximum Gasteiger partial charge on any atom is 0.0655 e. The van der Waals surface area contributed by atoms with Crippen LogP contribution in [0.2, 0.25) is 0 Å². The molecule has 0 aliphatic heterocycles. The lowest BCUT2D eigenvalue weighted by atomic mass is 9.86. The summed E-state index contributed by atoms with van der Waals surface area (Å²) in [5, 5.41) is 12.4. The lowest BCUT2D eigenvalue weighted by molar-refractivity contribution is 0.286. The Morgan fingerprint density at radius 1 is 1.14 bits per heavy atom. The summed E-state index contributed by atoms with van der Waals surface area (Å²) in [6.45, 7) is 6.75. The molecule has 0 radical (unpaired) electrons. The van der Waals surface area contributed by atoms with E-state index in [0.29, 0.717) is 23.9 Å². The fourth-order valence-corrected chi connectivity index (χ4v) is 1.95. The van der Waals surface area contributed by atoms with Gasteiger partial charge in [0.2, 0.25) is 0 Å². The summed E-state index contributed by atoms with van der Waals surface area (Å²) >= 11 is 0. The van der Waals surface area contributed by atoms with Crippen LogP contribution in [0.25, 0.3) is 0 Å². The SMILES string of the molecule is CC(C)C(C)NC1CCC(C#N)CC1. The number of hydrogen-bond acceptors (Lipinski definition) is 2. The first kappa shape index (κ1) is 11.5. The van der Waals surface area contributed by atoms with Gasteiger partial charge in [-0.3, -0.25) is 0 Å². The van der Waals surface area contributed by atoms with Gasteiger partial charge in [-0.25, -0.2) is 0 Å². The quantitative estimate of drug-likeness (QED) is 0.750. The lowest BCUT2D eigenvalue weighted by Gasteiger charge is -2.30. The van der Waals surface area contributed by atoms with Gasteiger partial charge in [-0.05, 0) is 38.5 Å². The van der Waals surface area contributed by atoms with Gasteiger partial charge in [-0.1, -0.05) is 13.8 Å². The summed E-state index contributed by atoms with van der Waals surface area (Å²) in [5.74, 6) is 1.02. The number of rotatable bonds is 3. The molecule has 2 nitrogen and oxygen atoms in total. The van der Waals surface area contributed by atoms with E-state index >= 15 is 0 Å². The van der Waals surface area contributed by atoms with Crippen molar-refractivity contribution in [1.82, 2.24) is 5.32 Å². The van der Waals surface area contributed by atoms with Gasteiger partial charge in [0.25, 0.3) is 0 Å². The zero-order chi connectivity index (χ0) is 10.6.